The van der Waals surface area contributed by atoms with Crippen LogP contribution in [0.1, 0.15) is 5.56 Å². The molecule has 0 saturated heterocycles. The van der Waals surface area contributed by atoms with Crippen molar-refractivity contribution in [3.05, 3.63) is 38.4 Å². The van der Waals surface area contributed by atoms with Crippen LogP contribution in [0.3, 0.4) is 0 Å². The third kappa shape index (κ3) is 1.83. The topological polar surface area (TPSA) is 0 Å². The van der Waals surface area contributed by atoms with Crippen LogP contribution in [0.2, 0.25) is 0 Å². The molecule has 0 nitrogen and oxygen atoms in total. The highest BCUT2D eigenvalue weighted by molar-refractivity contribution is 14.1. The van der Waals surface area contributed by atoms with Gasteiger partial charge in [-0.1, -0.05) is 34.7 Å². The van der Waals surface area contributed by atoms with E-state index in [1.54, 1.807) is 0 Å². The molecular weight excluding hydrogens is 303 g/mol. The molecule has 0 unspecified atom stereocenters. The van der Waals surface area contributed by atoms with Gasteiger partial charge in [0.1, 0.15) is 0 Å². The van der Waals surface area contributed by atoms with Crippen molar-refractivity contribution in [3.8, 4) is 0 Å². The van der Waals surface area contributed by atoms with Crippen molar-refractivity contribution in [2.45, 2.75) is 0 Å². The summed E-state index contributed by atoms with van der Waals surface area (Å²) in [5.41, 5.74) is 1.18. The first-order valence-electron chi connectivity index (χ1n) is 2.81. The molecule has 0 radical (unpaired) electrons. The molecule has 0 fully saturated rings. The molecule has 2 heteroatoms. The fraction of sp³-hybridized carbons (Fsp3) is 0. The zero-order valence-electron chi connectivity index (χ0n) is 5.27. The highest BCUT2D eigenvalue weighted by Gasteiger charge is 1.93. The van der Waals surface area contributed by atoms with Gasteiger partial charge in [0.05, 0.1) is 0 Å². The third-order valence-electron chi connectivity index (χ3n) is 1.18. The molecule has 0 aromatic heterocycles. The molecule has 0 aliphatic heterocycles. The van der Waals surface area contributed by atoms with Crippen LogP contribution in [0.4, 0.5) is 0 Å². The predicted molar refractivity (Wildman–Crippen MR) is 57.0 cm³/mol. The smallest absolute Gasteiger partial charge is 0.0213 e. The van der Waals surface area contributed by atoms with E-state index in [2.05, 4.69) is 51.2 Å². The van der Waals surface area contributed by atoms with Gasteiger partial charge in [-0.2, -0.15) is 0 Å². The Kier molecular flexibility index (Phi) is 2.92. The maximum atomic E-state index is 3.70. The molecule has 0 atom stereocenters. The number of hydrogen-bond acceptors (Lipinski definition) is 0. The Morgan fingerprint density at radius 2 is 2.20 bits per heavy atom. The fourth-order valence-electron chi connectivity index (χ4n) is 0.667. The second-order valence-corrected chi connectivity index (χ2v) is 3.95. The number of rotatable bonds is 1. The molecule has 0 aliphatic carbocycles. The normalized spacial score (nSPS) is 9.40. The SMILES string of the molecule is C=Cc1ccc(Br)cc1I. The Morgan fingerprint density at radius 3 is 2.70 bits per heavy atom. The molecular formula is C8H6BrI. The van der Waals surface area contributed by atoms with E-state index in [9.17, 15) is 0 Å². The standard InChI is InChI=1S/C8H6BrI/c1-2-6-3-4-7(9)5-8(6)10/h2-5H,1H2. The molecule has 0 heterocycles. The van der Waals surface area contributed by atoms with E-state index in [-0.39, 0.29) is 0 Å². The minimum atomic E-state index is 1.11. The van der Waals surface area contributed by atoms with Crippen molar-refractivity contribution < 1.29 is 0 Å². The van der Waals surface area contributed by atoms with Crippen molar-refractivity contribution >= 4 is 44.6 Å². The van der Waals surface area contributed by atoms with Crippen LogP contribution < -0.4 is 0 Å². The van der Waals surface area contributed by atoms with E-state index in [1.165, 1.54) is 9.13 Å². The summed E-state index contributed by atoms with van der Waals surface area (Å²) in [5.74, 6) is 0. The van der Waals surface area contributed by atoms with Crippen LogP contribution in [-0.4, -0.2) is 0 Å². The molecule has 1 aromatic carbocycles. The zero-order valence-corrected chi connectivity index (χ0v) is 9.02. The molecule has 0 bridgehead atoms. The molecule has 0 amide bonds. The van der Waals surface area contributed by atoms with Crippen LogP contribution >= 0.6 is 38.5 Å². The second-order valence-electron chi connectivity index (χ2n) is 1.87. The van der Waals surface area contributed by atoms with Crippen molar-refractivity contribution in [1.29, 1.82) is 0 Å². The summed E-state index contributed by atoms with van der Waals surface area (Å²) in [6.45, 7) is 3.70. The van der Waals surface area contributed by atoms with E-state index in [0.29, 0.717) is 0 Å². The molecule has 52 valence electrons. The molecule has 1 aromatic rings. The van der Waals surface area contributed by atoms with Gasteiger partial charge in [-0.3, -0.25) is 0 Å². The molecule has 0 N–H and O–H groups in total. The summed E-state index contributed by atoms with van der Waals surface area (Å²) in [6.07, 6.45) is 1.86. The Labute approximate surface area is 82.6 Å². The number of hydrogen-bond donors (Lipinski definition) is 0. The summed E-state index contributed by atoms with van der Waals surface area (Å²) >= 11 is 5.67. The monoisotopic (exact) mass is 308 g/mol. The van der Waals surface area contributed by atoms with Gasteiger partial charge in [0, 0.05) is 8.04 Å². The maximum Gasteiger partial charge on any atom is 0.0213 e. The average molecular weight is 309 g/mol. The highest BCUT2D eigenvalue weighted by Crippen LogP contribution is 2.18. The van der Waals surface area contributed by atoms with Crippen LogP contribution in [-0.2, 0) is 0 Å². The lowest BCUT2D eigenvalue weighted by molar-refractivity contribution is 1.56. The second kappa shape index (κ2) is 3.53. The summed E-state index contributed by atoms with van der Waals surface area (Å²) in [7, 11) is 0. The van der Waals surface area contributed by atoms with E-state index in [4.69, 9.17) is 0 Å². The molecule has 0 saturated carbocycles. The first-order valence-corrected chi connectivity index (χ1v) is 4.68. The Morgan fingerprint density at radius 1 is 1.50 bits per heavy atom. The van der Waals surface area contributed by atoms with Crippen LogP contribution in [0.25, 0.3) is 6.08 Å². The van der Waals surface area contributed by atoms with Gasteiger partial charge in [-0.15, -0.1) is 0 Å². The van der Waals surface area contributed by atoms with E-state index in [1.807, 2.05) is 18.2 Å². The Hall–Kier alpha value is 0.170. The van der Waals surface area contributed by atoms with E-state index in [0.717, 1.165) is 4.47 Å². The predicted octanol–water partition coefficient (Wildman–Crippen LogP) is 3.70. The molecule has 10 heavy (non-hydrogen) atoms. The lowest BCUT2D eigenvalue weighted by atomic mass is 10.2. The minimum absolute atomic E-state index is 1.11. The van der Waals surface area contributed by atoms with Crippen LogP contribution in [0.15, 0.2) is 29.3 Å². The van der Waals surface area contributed by atoms with Crippen molar-refractivity contribution in [1.82, 2.24) is 0 Å². The summed E-state index contributed by atoms with van der Waals surface area (Å²) < 4.78 is 2.34. The summed E-state index contributed by atoms with van der Waals surface area (Å²) in [4.78, 5) is 0. The van der Waals surface area contributed by atoms with Crippen LogP contribution in [0.5, 0.6) is 0 Å². The van der Waals surface area contributed by atoms with Gasteiger partial charge < -0.3 is 0 Å². The van der Waals surface area contributed by atoms with Gasteiger partial charge >= 0.3 is 0 Å². The van der Waals surface area contributed by atoms with Gasteiger partial charge in [-0.05, 0) is 40.3 Å². The summed E-state index contributed by atoms with van der Waals surface area (Å²) in [6, 6.07) is 6.12. The maximum absolute atomic E-state index is 3.70. The first-order chi connectivity index (χ1) is 4.74. The van der Waals surface area contributed by atoms with Gasteiger partial charge in [0.2, 0.25) is 0 Å². The van der Waals surface area contributed by atoms with E-state index >= 15 is 0 Å². The Balaban J connectivity index is 3.19. The lowest BCUT2D eigenvalue weighted by Crippen LogP contribution is -1.77. The number of halogens is 2. The minimum Gasteiger partial charge on any atom is -0.0984 e. The highest BCUT2D eigenvalue weighted by atomic mass is 127. The van der Waals surface area contributed by atoms with Gasteiger partial charge in [0.25, 0.3) is 0 Å². The van der Waals surface area contributed by atoms with Gasteiger partial charge in [-0.25, -0.2) is 0 Å². The first kappa shape index (κ1) is 8.27. The Bertz CT molecular complexity index is 255. The molecule has 0 aliphatic rings. The van der Waals surface area contributed by atoms with Crippen molar-refractivity contribution in [2.24, 2.45) is 0 Å². The largest absolute Gasteiger partial charge is 0.0984 e. The molecule has 1 rings (SSSR count). The zero-order chi connectivity index (χ0) is 7.56. The quantitative estimate of drug-likeness (QED) is 0.694. The lowest BCUT2D eigenvalue weighted by Gasteiger charge is -1.96. The van der Waals surface area contributed by atoms with Crippen molar-refractivity contribution in [3.63, 3.8) is 0 Å². The molecule has 0 spiro atoms. The average Bonchev–Trinajstić information content (AvgIpc) is 1.88. The van der Waals surface area contributed by atoms with Gasteiger partial charge in [0.15, 0.2) is 0 Å². The summed E-state index contributed by atoms with van der Waals surface area (Å²) in [5, 5.41) is 0. The van der Waals surface area contributed by atoms with E-state index < -0.39 is 0 Å². The fourth-order valence-corrected chi connectivity index (χ4v) is 2.19. The third-order valence-corrected chi connectivity index (χ3v) is 2.61. The van der Waals surface area contributed by atoms with Crippen molar-refractivity contribution in [2.75, 3.05) is 0 Å². The van der Waals surface area contributed by atoms with Crippen LogP contribution in [0, 0.1) is 3.57 Å². The number of benzene rings is 1.